The lowest BCUT2D eigenvalue weighted by molar-refractivity contribution is 0.222. The molecule has 2 saturated carbocycles. The predicted octanol–water partition coefficient (Wildman–Crippen LogP) is 2.64. The normalized spacial score (nSPS) is 29.7. The Morgan fingerprint density at radius 2 is 1.45 bits per heavy atom. The van der Waals surface area contributed by atoms with Gasteiger partial charge in [-0.05, 0) is 32.1 Å². The van der Waals surface area contributed by atoms with Gasteiger partial charge in [0.15, 0.2) is 0 Å². The Labute approximate surface area is 122 Å². The highest BCUT2D eigenvalue weighted by molar-refractivity contribution is 5.74. The molecule has 2 amide bonds. The topological polar surface area (TPSA) is 44.4 Å². The smallest absolute Gasteiger partial charge is 0.315 e. The van der Waals surface area contributed by atoms with Crippen molar-refractivity contribution >= 4 is 6.03 Å². The number of hydrogen-bond acceptors (Lipinski definition) is 2. The molecule has 3 rings (SSSR count). The van der Waals surface area contributed by atoms with E-state index < -0.39 is 0 Å². The van der Waals surface area contributed by atoms with Crippen molar-refractivity contribution in [2.75, 3.05) is 13.1 Å². The fraction of sp³-hybridized carbons (Fsp3) is 0.938. The maximum Gasteiger partial charge on any atom is 0.315 e. The van der Waals surface area contributed by atoms with Crippen molar-refractivity contribution in [3.63, 3.8) is 0 Å². The zero-order chi connectivity index (χ0) is 13.8. The van der Waals surface area contributed by atoms with Crippen molar-refractivity contribution in [1.82, 2.24) is 15.5 Å². The van der Waals surface area contributed by atoms with Gasteiger partial charge < -0.3 is 10.6 Å². The minimum Gasteiger partial charge on any atom is -0.335 e. The van der Waals surface area contributed by atoms with Crippen molar-refractivity contribution in [1.29, 1.82) is 0 Å². The Balaban J connectivity index is 1.38. The van der Waals surface area contributed by atoms with Crippen LogP contribution in [-0.2, 0) is 0 Å². The Morgan fingerprint density at radius 3 is 2.20 bits per heavy atom. The number of carbonyl (C=O) groups is 1. The van der Waals surface area contributed by atoms with Gasteiger partial charge in [0.2, 0.25) is 0 Å². The summed E-state index contributed by atoms with van der Waals surface area (Å²) in [7, 11) is 0. The summed E-state index contributed by atoms with van der Waals surface area (Å²) in [6.07, 6.45) is 12.8. The highest BCUT2D eigenvalue weighted by atomic mass is 16.2. The molecule has 0 spiro atoms. The molecule has 1 atom stereocenters. The molecule has 20 heavy (non-hydrogen) atoms. The van der Waals surface area contributed by atoms with E-state index >= 15 is 0 Å². The Bertz CT molecular complexity index is 322. The summed E-state index contributed by atoms with van der Waals surface area (Å²) in [4.78, 5) is 14.7. The molecule has 4 nitrogen and oxygen atoms in total. The summed E-state index contributed by atoms with van der Waals surface area (Å²) >= 11 is 0. The molecule has 3 aliphatic rings. The molecular formula is C16H29N3O. The molecule has 0 aromatic rings. The number of nitrogens with one attached hydrogen (secondary N) is 2. The molecule has 0 aromatic carbocycles. The van der Waals surface area contributed by atoms with Crippen LogP contribution in [-0.4, -0.2) is 42.1 Å². The van der Waals surface area contributed by atoms with Crippen molar-refractivity contribution in [2.45, 2.75) is 82.3 Å². The van der Waals surface area contributed by atoms with Crippen LogP contribution < -0.4 is 10.6 Å². The van der Waals surface area contributed by atoms with E-state index in [1.807, 2.05) is 0 Å². The van der Waals surface area contributed by atoms with Gasteiger partial charge in [-0.3, -0.25) is 4.90 Å². The average Bonchev–Trinajstić information content (AvgIpc) is 3.10. The molecule has 2 N–H and O–H groups in total. The van der Waals surface area contributed by atoms with Crippen LogP contribution in [0.5, 0.6) is 0 Å². The van der Waals surface area contributed by atoms with Crippen molar-refractivity contribution < 1.29 is 4.79 Å². The van der Waals surface area contributed by atoms with Crippen LogP contribution in [0.2, 0.25) is 0 Å². The largest absolute Gasteiger partial charge is 0.335 e. The van der Waals surface area contributed by atoms with Crippen LogP contribution in [0, 0.1) is 0 Å². The molecule has 2 aliphatic carbocycles. The van der Waals surface area contributed by atoms with E-state index in [0.717, 1.165) is 31.8 Å². The monoisotopic (exact) mass is 279 g/mol. The second kappa shape index (κ2) is 6.79. The van der Waals surface area contributed by atoms with E-state index in [2.05, 4.69) is 15.5 Å². The molecule has 0 bridgehead atoms. The maximum absolute atomic E-state index is 12.1. The average molecular weight is 279 g/mol. The third-order valence-electron chi connectivity index (χ3n) is 5.34. The SMILES string of the molecule is O=C(NC1CCCCC1)NC1CCN(C2CCCC2)C1. The molecule has 1 unspecified atom stereocenters. The number of nitrogens with zero attached hydrogens (tertiary/aromatic N) is 1. The highest BCUT2D eigenvalue weighted by Gasteiger charge is 2.30. The quantitative estimate of drug-likeness (QED) is 0.834. The molecule has 0 radical (unpaired) electrons. The molecule has 1 saturated heterocycles. The fourth-order valence-corrected chi connectivity index (χ4v) is 4.17. The first kappa shape index (κ1) is 14.2. The van der Waals surface area contributed by atoms with E-state index in [0.29, 0.717) is 12.1 Å². The first-order valence-electron chi connectivity index (χ1n) is 8.62. The number of rotatable bonds is 3. The van der Waals surface area contributed by atoms with Crippen LogP contribution in [0.4, 0.5) is 4.79 Å². The van der Waals surface area contributed by atoms with Gasteiger partial charge in [-0.25, -0.2) is 4.79 Å². The van der Waals surface area contributed by atoms with Gasteiger partial charge in [0.05, 0.1) is 0 Å². The minimum absolute atomic E-state index is 0.0650. The zero-order valence-electron chi connectivity index (χ0n) is 12.6. The van der Waals surface area contributed by atoms with Gasteiger partial charge in [0.25, 0.3) is 0 Å². The molecule has 4 heteroatoms. The van der Waals surface area contributed by atoms with Crippen LogP contribution in [0.3, 0.4) is 0 Å². The zero-order valence-corrected chi connectivity index (χ0v) is 12.6. The van der Waals surface area contributed by atoms with Gasteiger partial charge in [0, 0.05) is 31.2 Å². The second-order valence-corrected chi connectivity index (χ2v) is 6.87. The minimum atomic E-state index is 0.0650. The van der Waals surface area contributed by atoms with Gasteiger partial charge in [-0.2, -0.15) is 0 Å². The summed E-state index contributed by atoms with van der Waals surface area (Å²) in [5.74, 6) is 0. The molecule has 0 aromatic heterocycles. The Morgan fingerprint density at radius 1 is 0.800 bits per heavy atom. The fourth-order valence-electron chi connectivity index (χ4n) is 4.17. The number of likely N-dealkylation sites (tertiary alicyclic amines) is 1. The van der Waals surface area contributed by atoms with E-state index in [-0.39, 0.29) is 6.03 Å². The Hall–Kier alpha value is -0.770. The van der Waals surface area contributed by atoms with E-state index in [9.17, 15) is 4.79 Å². The summed E-state index contributed by atoms with van der Waals surface area (Å²) in [6, 6.07) is 1.63. The Kier molecular flexibility index (Phi) is 4.81. The van der Waals surface area contributed by atoms with Crippen LogP contribution >= 0.6 is 0 Å². The summed E-state index contributed by atoms with van der Waals surface area (Å²) in [5.41, 5.74) is 0. The van der Waals surface area contributed by atoms with Crippen molar-refractivity contribution in [3.05, 3.63) is 0 Å². The van der Waals surface area contributed by atoms with Crippen LogP contribution in [0.25, 0.3) is 0 Å². The summed E-state index contributed by atoms with van der Waals surface area (Å²) in [6.45, 7) is 2.22. The maximum atomic E-state index is 12.1. The van der Waals surface area contributed by atoms with E-state index in [1.54, 1.807) is 0 Å². The van der Waals surface area contributed by atoms with Gasteiger partial charge in [-0.1, -0.05) is 32.1 Å². The van der Waals surface area contributed by atoms with Crippen molar-refractivity contribution in [3.8, 4) is 0 Å². The highest BCUT2D eigenvalue weighted by Crippen LogP contribution is 2.26. The number of hydrogen-bond donors (Lipinski definition) is 2. The molecule has 114 valence electrons. The van der Waals surface area contributed by atoms with Gasteiger partial charge in [-0.15, -0.1) is 0 Å². The van der Waals surface area contributed by atoms with E-state index in [4.69, 9.17) is 0 Å². The standard InChI is InChI=1S/C16H29N3O/c20-16(17-13-6-2-1-3-7-13)18-14-10-11-19(12-14)15-8-4-5-9-15/h13-15H,1-12H2,(H2,17,18,20). The lowest BCUT2D eigenvalue weighted by atomic mass is 9.96. The predicted molar refractivity (Wildman–Crippen MR) is 80.8 cm³/mol. The van der Waals surface area contributed by atoms with Crippen molar-refractivity contribution in [2.24, 2.45) is 0 Å². The first-order chi connectivity index (χ1) is 9.81. The van der Waals surface area contributed by atoms with Crippen LogP contribution in [0.1, 0.15) is 64.2 Å². The molecule has 1 heterocycles. The molecular weight excluding hydrogens is 250 g/mol. The lowest BCUT2D eigenvalue weighted by Gasteiger charge is -2.25. The third kappa shape index (κ3) is 3.66. The van der Waals surface area contributed by atoms with Crippen LogP contribution in [0.15, 0.2) is 0 Å². The third-order valence-corrected chi connectivity index (χ3v) is 5.34. The number of carbonyl (C=O) groups excluding carboxylic acids is 1. The number of urea groups is 1. The molecule has 1 aliphatic heterocycles. The second-order valence-electron chi connectivity index (χ2n) is 6.87. The first-order valence-corrected chi connectivity index (χ1v) is 8.62. The van der Waals surface area contributed by atoms with E-state index in [1.165, 1.54) is 51.5 Å². The molecule has 3 fully saturated rings. The summed E-state index contributed by atoms with van der Waals surface area (Å²) in [5, 5.41) is 6.35. The lowest BCUT2D eigenvalue weighted by Crippen LogP contribution is -2.47. The number of amides is 2. The summed E-state index contributed by atoms with van der Waals surface area (Å²) < 4.78 is 0. The van der Waals surface area contributed by atoms with Gasteiger partial charge in [0.1, 0.15) is 0 Å². The van der Waals surface area contributed by atoms with Gasteiger partial charge >= 0.3 is 6.03 Å².